The summed E-state index contributed by atoms with van der Waals surface area (Å²) in [6, 6.07) is 25.0. The zero-order valence-corrected chi connectivity index (χ0v) is 39.1. The monoisotopic (exact) mass is 816 g/mol. The van der Waals surface area contributed by atoms with E-state index in [-0.39, 0.29) is 110 Å². The van der Waals surface area contributed by atoms with Gasteiger partial charge in [0.05, 0.1) is 14.7 Å². The standard InChI is InChI=1S/C37H36N2O9S3.3Na.H/c1-3-38(25-27-9-7-11-33(23-27)49(40,41)42)31-19-15-29(16-20-31)37(35-13-5-6-14-36(35)51(46,47)48)30-17-21-32(22-18-30)39(4-2)26-28-10-8-12-34(24-28)50(43,44)45;;;;/h5-24H,3-4,25-26H2,1-2H3,(H2-,40,41,42,43,44,45,46,47,48);;;;/q;3*+1;-1/p-2. The molecule has 0 radical (unpaired) electrons. The maximum Gasteiger partial charge on any atom is 1.00 e. The Kier molecular flexibility index (Phi) is 18.5. The Hall–Kier alpha value is -1.70. The molecule has 0 bridgehead atoms. The quantitative estimate of drug-likeness (QED) is 0.0782. The predicted molar refractivity (Wildman–Crippen MR) is 191 cm³/mol. The summed E-state index contributed by atoms with van der Waals surface area (Å²) in [6.07, 6.45) is 7.29. The van der Waals surface area contributed by atoms with Gasteiger partial charge in [0.1, 0.15) is 36.9 Å². The molecule has 17 heteroatoms. The molecule has 54 heavy (non-hydrogen) atoms. The van der Waals surface area contributed by atoms with Gasteiger partial charge < -0.3 is 20.0 Å². The van der Waals surface area contributed by atoms with Crippen LogP contribution in [0, 0.1) is 0 Å². The normalized spacial score (nSPS) is 12.6. The van der Waals surface area contributed by atoms with E-state index in [0.29, 0.717) is 54.0 Å². The van der Waals surface area contributed by atoms with Gasteiger partial charge in [0, 0.05) is 42.1 Å². The average Bonchev–Trinajstić information content (AvgIpc) is 3.10. The minimum Gasteiger partial charge on any atom is -1.00 e. The third kappa shape index (κ3) is 12.4. The van der Waals surface area contributed by atoms with Gasteiger partial charge in [-0.1, -0.05) is 54.6 Å². The number of nitrogens with zero attached hydrogens (tertiary/aromatic N) is 2. The molecule has 4 aromatic rings. The van der Waals surface area contributed by atoms with Crippen LogP contribution in [0.3, 0.4) is 0 Å². The topological polar surface area (TPSA) is 178 Å². The first-order chi connectivity index (χ1) is 24.1. The van der Waals surface area contributed by atoms with Crippen molar-refractivity contribution < 1.29 is 134 Å². The van der Waals surface area contributed by atoms with Crippen LogP contribution in [-0.4, -0.2) is 62.3 Å². The first-order valence-corrected chi connectivity index (χ1v) is 20.0. The summed E-state index contributed by atoms with van der Waals surface area (Å²) >= 11 is 0. The van der Waals surface area contributed by atoms with E-state index < -0.39 is 30.4 Å². The molecule has 0 heterocycles. The number of anilines is 1. The molecule has 1 aliphatic rings. The van der Waals surface area contributed by atoms with Gasteiger partial charge in [-0.25, -0.2) is 29.8 Å². The Morgan fingerprint density at radius 3 is 1.70 bits per heavy atom. The minimum atomic E-state index is -4.86. The van der Waals surface area contributed by atoms with Crippen LogP contribution >= 0.6 is 0 Å². The predicted octanol–water partition coefficient (Wildman–Crippen LogP) is -3.85. The van der Waals surface area contributed by atoms with E-state index in [1.807, 2.05) is 71.9 Å². The molecule has 268 valence electrons. The summed E-state index contributed by atoms with van der Waals surface area (Å²) in [5.74, 6) is 0. The van der Waals surface area contributed by atoms with Crippen molar-refractivity contribution in [2.75, 3.05) is 18.0 Å². The fraction of sp³-hybridized carbons (Fsp3) is 0.162. The molecule has 0 spiro atoms. The molecule has 0 aliphatic heterocycles. The van der Waals surface area contributed by atoms with Crippen molar-refractivity contribution in [1.29, 1.82) is 0 Å². The van der Waals surface area contributed by atoms with Crippen molar-refractivity contribution in [2.45, 2.75) is 41.6 Å². The smallest absolute Gasteiger partial charge is 1.00 e. The first-order valence-electron chi connectivity index (χ1n) is 15.8. The van der Waals surface area contributed by atoms with E-state index in [9.17, 15) is 38.9 Å². The van der Waals surface area contributed by atoms with Gasteiger partial charge >= 0.3 is 88.7 Å². The molecule has 4 aromatic carbocycles. The maximum atomic E-state index is 12.4. The van der Waals surface area contributed by atoms with Gasteiger partial charge in [0.2, 0.25) is 0 Å². The fourth-order valence-electron chi connectivity index (χ4n) is 5.86. The molecule has 0 unspecified atom stereocenters. The van der Waals surface area contributed by atoms with Crippen molar-refractivity contribution in [1.82, 2.24) is 0 Å². The summed E-state index contributed by atoms with van der Waals surface area (Å²) in [6.45, 7) is 5.60. The van der Waals surface area contributed by atoms with E-state index in [4.69, 9.17) is 0 Å². The molecule has 0 amide bonds. The molecule has 0 saturated carbocycles. The van der Waals surface area contributed by atoms with Crippen LogP contribution in [0.5, 0.6) is 0 Å². The molecule has 1 aliphatic carbocycles. The Morgan fingerprint density at radius 2 is 1.19 bits per heavy atom. The molecule has 0 N–H and O–H groups in total. The largest absolute Gasteiger partial charge is 1.00 e. The molecule has 0 fully saturated rings. The SMILES string of the molecule is CCN(Cc1cccc(S(=O)(=O)[O-])c1)c1ccc(C(=C2C=CC(=[N+](CC)Cc3cccc(S(=O)(=O)[O-])c3)C=C2)c2ccccc2S(=O)(=O)[O-])cc1.[H-].[Na+].[Na+].[Na+]. The molecule has 0 aromatic heterocycles. The van der Waals surface area contributed by atoms with Crippen LogP contribution in [0.4, 0.5) is 5.69 Å². The molecule has 11 nitrogen and oxygen atoms in total. The maximum absolute atomic E-state index is 12.4. The summed E-state index contributed by atoms with van der Waals surface area (Å²) in [5, 5.41) is 0. The Bertz CT molecular complexity index is 2420. The number of benzene rings is 4. The number of rotatable bonds is 12. The zero-order valence-electron chi connectivity index (χ0n) is 31.7. The van der Waals surface area contributed by atoms with Crippen LogP contribution < -0.4 is 93.6 Å². The van der Waals surface area contributed by atoms with Crippen LogP contribution in [0.2, 0.25) is 0 Å². The summed E-state index contributed by atoms with van der Waals surface area (Å²) in [4.78, 5) is 0.982. The molecule has 0 atom stereocenters. The van der Waals surface area contributed by atoms with Gasteiger partial charge in [-0.15, -0.1) is 0 Å². The fourth-order valence-corrected chi connectivity index (χ4v) is 7.62. The van der Waals surface area contributed by atoms with Crippen molar-refractivity contribution in [3.05, 3.63) is 149 Å². The first kappa shape index (κ1) is 48.4. The molecular formula is C37H35N2Na3O9S3. The van der Waals surface area contributed by atoms with E-state index in [2.05, 4.69) is 0 Å². The van der Waals surface area contributed by atoms with Crippen molar-refractivity contribution in [3.63, 3.8) is 0 Å². The van der Waals surface area contributed by atoms with E-state index in [0.717, 1.165) is 11.4 Å². The second-order valence-corrected chi connectivity index (χ2v) is 15.8. The van der Waals surface area contributed by atoms with Crippen LogP contribution in [-0.2, 0) is 43.4 Å². The number of hydrogen-bond donors (Lipinski definition) is 0. The Balaban J connectivity index is 0.00000378. The van der Waals surface area contributed by atoms with E-state index >= 15 is 0 Å². The minimum absolute atomic E-state index is 0. The molecule has 5 rings (SSSR count). The molecule has 0 saturated heterocycles. The Morgan fingerprint density at radius 1 is 0.648 bits per heavy atom. The number of hydrogen-bond acceptors (Lipinski definition) is 10. The van der Waals surface area contributed by atoms with Gasteiger partial charge in [0.25, 0.3) is 0 Å². The van der Waals surface area contributed by atoms with E-state index in [1.54, 1.807) is 24.3 Å². The van der Waals surface area contributed by atoms with Crippen molar-refractivity contribution in [3.8, 4) is 0 Å². The zero-order chi connectivity index (χ0) is 37.0. The average molecular weight is 817 g/mol. The Labute approximate surface area is 385 Å². The third-order valence-corrected chi connectivity index (χ3v) is 10.9. The van der Waals surface area contributed by atoms with Crippen LogP contribution in [0.1, 0.15) is 37.5 Å². The van der Waals surface area contributed by atoms with Gasteiger partial charge in [-0.05, 0) is 90.7 Å². The van der Waals surface area contributed by atoms with Gasteiger partial charge in [-0.3, -0.25) is 0 Å². The van der Waals surface area contributed by atoms with Crippen LogP contribution in [0.15, 0.2) is 142 Å². The van der Waals surface area contributed by atoms with Crippen molar-refractivity contribution in [2.24, 2.45) is 0 Å². The van der Waals surface area contributed by atoms with Gasteiger partial charge in [-0.2, -0.15) is 0 Å². The van der Waals surface area contributed by atoms with E-state index in [1.165, 1.54) is 48.5 Å². The summed E-state index contributed by atoms with van der Waals surface area (Å²) in [7, 11) is -14.1. The van der Waals surface area contributed by atoms with Gasteiger partial charge in [0.15, 0.2) is 12.3 Å². The summed E-state index contributed by atoms with van der Waals surface area (Å²) in [5.41, 5.74) is 4.79. The van der Waals surface area contributed by atoms with Crippen molar-refractivity contribution >= 4 is 47.3 Å². The second kappa shape index (κ2) is 20.6. The third-order valence-electron chi connectivity index (χ3n) is 8.35. The second-order valence-electron chi connectivity index (χ2n) is 11.7. The summed E-state index contributed by atoms with van der Waals surface area (Å²) < 4.78 is 109. The number of allylic oxidation sites excluding steroid dienone is 5. The molecular weight excluding hydrogens is 782 g/mol. The van der Waals surface area contributed by atoms with Crippen LogP contribution in [0.25, 0.3) is 5.57 Å².